The Balaban J connectivity index is 1.59. The van der Waals surface area contributed by atoms with E-state index in [1.807, 2.05) is 12.1 Å². The molecule has 0 aliphatic heterocycles. The number of carbonyl (C=O) groups excluding carboxylic acids is 1. The van der Waals surface area contributed by atoms with Crippen LogP contribution in [0.3, 0.4) is 0 Å². The minimum Gasteiger partial charge on any atom is -0.310 e. The SMILES string of the molecule is O=C(CSc1ccc(F)cc1F)Nc1ccnn1Cc1ccc(Cl)cc1. The number of hydrogen-bond acceptors (Lipinski definition) is 3. The number of halogens is 3. The van der Waals surface area contributed by atoms with Gasteiger partial charge in [-0.1, -0.05) is 23.7 Å². The maximum absolute atomic E-state index is 13.6. The molecular formula is C18H14ClF2N3OS. The molecular weight excluding hydrogens is 380 g/mol. The number of anilines is 1. The lowest BCUT2D eigenvalue weighted by Crippen LogP contribution is -2.18. The lowest BCUT2D eigenvalue weighted by molar-refractivity contribution is -0.113. The normalized spacial score (nSPS) is 10.7. The van der Waals surface area contributed by atoms with Crippen LogP contribution in [-0.4, -0.2) is 21.4 Å². The summed E-state index contributed by atoms with van der Waals surface area (Å²) in [5, 5.41) is 7.58. The third kappa shape index (κ3) is 4.83. The molecule has 2 aromatic carbocycles. The summed E-state index contributed by atoms with van der Waals surface area (Å²) in [5.41, 5.74) is 0.983. The number of carbonyl (C=O) groups is 1. The number of rotatable bonds is 6. The quantitative estimate of drug-likeness (QED) is 0.623. The van der Waals surface area contributed by atoms with Crippen molar-refractivity contribution in [2.45, 2.75) is 11.4 Å². The predicted octanol–water partition coefficient (Wildman–Crippen LogP) is 4.59. The van der Waals surface area contributed by atoms with Crippen LogP contribution in [0.5, 0.6) is 0 Å². The monoisotopic (exact) mass is 393 g/mol. The van der Waals surface area contributed by atoms with E-state index >= 15 is 0 Å². The molecule has 1 amide bonds. The van der Waals surface area contributed by atoms with Crippen molar-refractivity contribution >= 4 is 35.1 Å². The maximum atomic E-state index is 13.6. The first kappa shape index (κ1) is 18.4. The second-order valence-electron chi connectivity index (χ2n) is 5.41. The minimum atomic E-state index is -0.685. The average Bonchev–Trinajstić information content (AvgIpc) is 3.03. The number of nitrogens with zero attached hydrogens (tertiary/aromatic N) is 2. The van der Waals surface area contributed by atoms with Crippen LogP contribution in [0.15, 0.2) is 59.6 Å². The van der Waals surface area contributed by atoms with Crippen LogP contribution < -0.4 is 5.32 Å². The highest BCUT2D eigenvalue weighted by molar-refractivity contribution is 8.00. The van der Waals surface area contributed by atoms with Gasteiger partial charge in [0.1, 0.15) is 17.5 Å². The van der Waals surface area contributed by atoms with E-state index in [0.717, 1.165) is 29.5 Å². The Morgan fingerprint density at radius 3 is 2.65 bits per heavy atom. The zero-order valence-corrected chi connectivity index (χ0v) is 15.0. The number of thioether (sulfide) groups is 1. The molecule has 1 aromatic heterocycles. The summed E-state index contributed by atoms with van der Waals surface area (Å²) in [5.74, 6) is -1.12. The molecule has 1 heterocycles. The summed E-state index contributed by atoms with van der Waals surface area (Å²) < 4.78 is 28.1. The van der Waals surface area contributed by atoms with Crippen molar-refractivity contribution in [3.63, 3.8) is 0 Å². The largest absolute Gasteiger partial charge is 0.310 e. The summed E-state index contributed by atoms with van der Waals surface area (Å²) in [7, 11) is 0. The van der Waals surface area contributed by atoms with Crippen LogP contribution in [0, 0.1) is 11.6 Å². The Morgan fingerprint density at radius 1 is 1.15 bits per heavy atom. The van der Waals surface area contributed by atoms with Gasteiger partial charge in [0.2, 0.25) is 5.91 Å². The van der Waals surface area contributed by atoms with Crippen LogP contribution in [0.1, 0.15) is 5.56 Å². The summed E-state index contributed by atoms with van der Waals surface area (Å²) in [6, 6.07) is 12.3. The predicted molar refractivity (Wildman–Crippen MR) is 98.5 cm³/mol. The number of hydrogen-bond donors (Lipinski definition) is 1. The molecule has 3 aromatic rings. The molecule has 0 aliphatic rings. The van der Waals surface area contributed by atoms with Crippen LogP contribution in [0.2, 0.25) is 5.02 Å². The van der Waals surface area contributed by atoms with Gasteiger partial charge >= 0.3 is 0 Å². The summed E-state index contributed by atoms with van der Waals surface area (Å²) in [4.78, 5) is 12.3. The van der Waals surface area contributed by atoms with Gasteiger partial charge in [-0.15, -0.1) is 11.8 Å². The van der Waals surface area contributed by atoms with Gasteiger partial charge in [0.15, 0.2) is 0 Å². The topological polar surface area (TPSA) is 46.9 Å². The molecule has 0 saturated carbocycles. The summed E-state index contributed by atoms with van der Waals surface area (Å²) in [6.45, 7) is 0.472. The highest BCUT2D eigenvalue weighted by Gasteiger charge is 2.11. The Bertz CT molecular complexity index is 915. The van der Waals surface area contributed by atoms with Crippen LogP contribution in [0.25, 0.3) is 0 Å². The molecule has 8 heteroatoms. The van der Waals surface area contributed by atoms with Crippen LogP contribution in [-0.2, 0) is 11.3 Å². The average molecular weight is 394 g/mol. The highest BCUT2D eigenvalue weighted by atomic mass is 35.5. The smallest absolute Gasteiger partial charge is 0.235 e. The summed E-state index contributed by atoms with van der Waals surface area (Å²) >= 11 is 6.87. The van der Waals surface area contributed by atoms with Gasteiger partial charge < -0.3 is 5.32 Å². The van der Waals surface area contributed by atoms with E-state index in [0.29, 0.717) is 17.4 Å². The van der Waals surface area contributed by atoms with Gasteiger partial charge in [-0.3, -0.25) is 4.79 Å². The van der Waals surface area contributed by atoms with E-state index in [1.165, 1.54) is 6.07 Å². The van der Waals surface area contributed by atoms with E-state index in [9.17, 15) is 13.6 Å². The number of benzene rings is 2. The Morgan fingerprint density at radius 2 is 1.92 bits per heavy atom. The first-order chi connectivity index (χ1) is 12.5. The highest BCUT2D eigenvalue weighted by Crippen LogP contribution is 2.22. The zero-order chi connectivity index (χ0) is 18.5. The zero-order valence-electron chi connectivity index (χ0n) is 13.5. The Labute approximate surface area is 158 Å². The van der Waals surface area contributed by atoms with Crippen molar-refractivity contribution in [2.75, 3.05) is 11.1 Å². The molecule has 0 atom stereocenters. The molecule has 0 unspecified atom stereocenters. The van der Waals surface area contributed by atoms with Gasteiger partial charge in [0.25, 0.3) is 0 Å². The van der Waals surface area contributed by atoms with Gasteiger partial charge in [-0.05, 0) is 29.8 Å². The number of aromatic nitrogens is 2. The molecule has 134 valence electrons. The second kappa shape index (κ2) is 8.33. The minimum absolute atomic E-state index is 0.00528. The Hall–Kier alpha value is -2.38. The molecule has 0 radical (unpaired) electrons. The molecule has 4 nitrogen and oxygen atoms in total. The first-order valence-electron chi connectivity index (χ1n) is 7.65. The van der Waals surface area contributed by atoms with E-state index in [4.69, 9.17) is 11.6 Å². The van der Waals surface area contributed by atoms with Gasteiger partial charge in [0, 0.05) is 22.1 Å². The van der Waals surface area contributed by atoms with E-state index in [-0.39, 0.29) is 16.6 Å². The molecule has 0 aliphatic carbocycles. The van der Waals surface area contributed by atoms with E-state index in [1.54, 1.807) is 29.1 Å². The fourth-order valence-electron chi connectivity index (χ4n) is 2.24. The molecule has 1 N–H and O–H groups in total. The molecule has 3 rings (SSSR count). The van der Waals surface area contributed by atoms with Crippen LogP contribution >= 0.6 is 23.4 Å². The van der Waals surface area contributed by atoms with E-state index < -0.39 is 11.6 Å². The first-order valence-corrected chi connectivity index (χ1v) is 9.01. The maximum Gasteiger partial charge on any atom is 0.235 e. The lowest BCUT2D eigenvalue weighted by Gasteiger charge is -2.09. The molecule has 0 spiro atoms. The fourth-order valence-corrected chi connectivity index (χ4v) is 3.09. The fraction of sp³-hybridized carbons (Fsp3) is 0.111. The molecule has 0 saturated heterocycles. The van der Waals surface area contributed by atoms with Gasteiger partial charge in [-0.25, -0.2) is 13.5 Å². The Kier molecular flexibility index (Phi) is 5.90. The lowest BCUT2D eigenvalue weighted by atomic mass is 10.2. The van der Waals surface area contributed by atoms with Crippen LogP contribution in [0.4, 0.5) is 14.6 Å². The molecule has 26 heavy (non-hydrogen) atoms. The van der Waals surface area contributed by atoms with Gasteiger partial charge in [0.05, 0.1) is 18.5 Å². The van der Waals surface area contributed by atoms with Crippen molar-refractivity contribution < 1.29 is 13.6 Å². The van der Waals surface area contributed by atoms with Crippen molar-refractivity contribution in [3.8, 4) is 0 Å². The third-order valence-electron chi connectivity index (χ3n) is 3.48. The molecule has 0 bridgehead atoms. The van der Waals surface area contributed by atoms with Crippen molar-refractivity contribution in [3.05, 3.63) is 76.9 Å². The standard InChI is InChI=1S/C18H14ClF2N3OS/c19-13-3-1-12(2-4-13)10-24-17(7-8-22-24)23-18(25)11-26-16-6-5-14(20)9-15(16)21/h1-9H,10-11H2,(H,23,25). The summed E-state index contributed by atoms with van der Waals surface area (Å²) in [6.07, 6.45) is 1.58. The second-order valence-corrected chi connectivity index (χ2v) is 6.87. The number of nitrogens with one attached hydrogen (secondary N) is 1. The van der Waals surface area contributed by atoms with Crippen molar-refractivity contribution in [2.24, 2.45) is 0 Å². The third-order valence-corrected chi connectivity index (χ3v) is 4.78. The van der Waals surface area contributed by atoms with E-state index in [2.05, 4.69) is 10.4 Å². The van der Waals surface area contributed by atoms with Gasteiger partial charge in [-0.2, -0.15) is 5.10 Å². The van der Waals surface area contributed by atoms with Crippen molar-refractivity contribution in [1.29, 1.82) is 0 Å². The number of amides is 1. The molecule has 0 fully saturated rings. The van der Waals surface area contributed by atoms with Crippen molar-refractivity contribution in [1.82, 2.24) is 9.78 Å².